The molecule has 3 nitrogen and oxygen atoms in total. The summed E-state index contributed by atoms with van der Waals surface area (Å²) >= 11 is 0. The van der Waals surface area contributed by atoms with Crippen LogP contribution in [0.1, 0.15) is 66.7 Å². The summed E-state index contributed by atoms with van der Waals surface area (Å²) in [6.45, 7) is 12.7. The standard InChI is InChI=1S/C16H31NO2/c1-13(2)17-11-7-9-14(12-17)8-6-10-15(18)19-16(3,4)5/h13-14H,6-12H2,1-5H3. The quantitative estimate of drug-likeness (QED) is 0.714. The molecule has 1 heterocycles. The van der Waals surface area contributed by atoms with Crippen LogP contribution >= 0.6 is 0 Å². The van der Waals surface area contributed by atoms with Crippen LogP contribution in [-0.4, -0.2) is 35.6 Å². The minimum atomic E-state index is -0.351. The Morgan fingerprint density at radius 2 is 2.05 bits per heavy atom. The van der Waals surface area contributed by atoms with Crippen molar-refractivity contribution in [1.29, 1.82) is 0 Å². The van der Waals surface area contributed by atoms with Gasteiger partial charge in [-0.05, 0) is 72.8 Å². The fraction of sp³-hybridized carbons (Fsp3) is 0.938. The lowest BCUT2D eigenvalue weighted by Gasteiger charge is -2.35. The minimum absolute atomic E-state index is 0.0518. The summed E-state index contributed by atoms with van der Waals surface area (Å²) in [7, 11) is 0. The van der Waals surface area contributed by atoms with E-state index in [4.69, 9.17) is 4.74 Å². The molecule has 1 aliphatic heterocycles. The van der Waals surface area contributed by atoms with Gasteiger partial charge in [-0.2, -0.15) is 0 Å². The van der Waals surface area contributed by atoms with Crippen molar-refractivity contribution in [1.82, 2.24) is 4.90 Å². The maximum absolute atomic E-state index is 11.6. The Morgan fingerprint density at radius 1 is 1.37 bits per heavy atom. The van der Waals surface area contributed by atoms with Crippen molar-refractivity contribution in [3.8, 4) is 0 Å². The number of likely N-dealkylation sites (tertiary alicyclic amines) is 1. The molecular weight excluding hydrogens is 238 g/mol. The Labute approximate surface area is 118 Å². The monoisotopic (exact) mass is 269 g/mol. The molecule has 0 aliphatic carbocycles. The van der Waals surface area contributed by atoms with Crippen molar-refractivity contribution >= 4 is 5.97 Å². The topological polar surface area (TPSA) is 29.5 Å². The molecule has 1 rings (SSSR count). The molecule has 112 valence electrons. The van der Waals surface area contributed by atoms with Crippen molar-refractivity contribution in [3.05, 3.63) is 0 Å². The lowest BCUT2D eigenvalue weighted by atomic mass is 9.92. The van der Waals surface area contributed by atoms with E-state index in [0.29, 0.717) is 12.5 Å². The summed E-state index contributed by atoms with van der Waals surface area (Å²) in [4.78, 5) is 14.2. The van der Waals surface area contributed by atoms with Crippen molar-refractivity contribution in [2.75, 3.05) is 13.1 Å². The van der Waals surface area contributed by atoms with Crippen LogP contribution in [0.25, 0.3) is 0 Å². The molecule has 0 aromatic rings. The number of carbonyl (C=O) groups is 1. The predicted octanol–water partition coefficient (Wildman–Crippen LogP) is 3.62. The van der Waals surface area contributed by atoms with E-state index in [-0.39, 0.29) is 11.6 Å². The number of hydrogen-bond acceptors (Lipinski definition) is 3. The SMILES string of the molecule is CC(C)N1CCCC(CCCC(=O)OC(C)(C)C)C1. The largest absolute Gasteiger partial charge is 0.460 e. The van der Waals surface area contributed by atoms with Crippen molar-refractivity contribution in [3.63, 3.8) is 0 Å². The highest BCUT2D eigenvalue weighted by Crippen LogP contribution is 2.23. The number of esters is 1. The molecule has 0 bridgehead atoms. The van der Waals surface area contributed by atoms with Crippen molar-refractivity contribution in [2.24, 2.45) is 5.92 Å². The van der Waals surface area contributed by atoms with Gasteiger partial charge in [-0.15, -0.1) is 0 Å². The van der Waals surface area contributed by atoms with Gasteiger partial charge in [0.25, 0.3) is 0 Å². The molecule has 0 aromatic heterocycles. The molecule has 0 aromatic carbocycles. The molecule has 1 saturated heterocycles. The maximum atomic E-state index is 11.6. The van der Waals surface area contributed by atoms with Crippen LogP contribution in [0.3, 0.4) is 0 Å². The summed E-state index contributed by atoms with van der Waals surface area (Å²) in [5, 5.41) is 0. The van der Waals surface area contributed by atoms with Crippen LogP contribution in [-0.2, 0) is 9.53 Å². The van der Waals surface area contributed by atoms with E-state index in [0.717, 1.165) is 18.8 Å². The molecule has 1 atom stereocenters. The molecular formula is C16H31NO2. The zero-order valence-corrected chi connectivity index (χ0v) is 13.4. The number of rotatable bonds is 5. The lowest BCUT2D eigenvalue weighted by molar-refractivity contribution is -0.155. The van der Waals surface area contributed by atoms with E-state index in [1.54, 1.807) is 0 Å². The lowest BCUT2D eigenvalue weighted by Crippen LogP contribution is -2.39. The first-order valence-electron chi connectivity index (χ1n) is 7.74. The van der Waals surface area contributed by atoms with Gasteiger partial charge >= 0.3 is 5.97 Å². The molecule has 0 amide bonds. The molecule has 0 saturated carbocycles. The average Bonchev–Trinajstić information content (AvgIpc) is 2.27. The number of hydrogen-bond donors (Lipinski definition) is 0. The Kier molecular flexibility index (Phi) is 6.31. The fourth-order valence-corrected chi connectivity index (χ4v) is 2.73. The summed E-state index contributed by atoms with van der Waals surface area (Å²) in [6, 6.07) is 0.647. The van der Waals surface area contributed by atoms with Crippen LogP contribution < -0.4 is 0 Å². The summed E-state index contributed by atoms with van der Waals surface area (Å²) in [6.07, 6.45) is 5.30. The van der Waals surface area contributed by atoms with Gasteiger partial charge in [0.2, 0.25) is 0 Å². The zero-order chi connectivity index (χ0) is 14.5. The minimum Gasteiger partial charge on any atom is -0.460 e. The number of carbonyl (C=O) groups excluding carboxylic acids is 1. The van der Waals surface area contributed by atoms with E-state index >= 15 is 0 Å². The Balaban J connectivity index is 2.20. The first-order chi connectivity index (χ1) is 8.78. The fourth-order valence-electron chi connectivity index (χ4n) is 2.73. The highest BCUT2D eigenvalue weighted by molar-refractivity contribution is 5.69. The maximum Gasteiger partial charge on any atom is 0.306 e. The number of nitrogens with zero attached hydrogens (tertiary/aromatic N) is 1. The van der Waals surface area contributed by atoms with Crippen LogP contribution in [0, 0.1) is 5.92 Å². The van der Waals surface area contributed by atoms with E-state index in [1.165, 1.54) is 25.9 Å². The van der Waals surface area contributed by atoms with Gasteiger partial charge in [-0.25, -0.2) is 0 Å². The normalized spacial score (nSPS) is 21.7. The molecule has 1 aliphatic rings. The van der Waals surface area contributed by atoms with E-state index in [1.807, 2.05) is 20.8 Å². The third-order valence-electron chi connectivity index (χ3n) is 3.69. The third kappa shape index (κ3) is 6.95. The van der Waals surface area contributed by atoms with E-state index < -0.39 is 0 Å². The van der Waals surface area contributed by atoms with Crippen LogP contribution in [0.2, 0.25) is 0 Å². The van der Waals surface area contributed by atoms with E-state index in [2.05, 4.69) is 18.7 Å². The number of piperidine rings is 1. The molecule has 1 fully saturated rings. The second-order valence-corrected chi connectivity index (χ2v) is 7.08. The molecule has 19 heavy (non-hydrogen) atoms. The van der Waals surface area contributed by atoms with Gasteiger partial charge in [-0.3, -0.25) is 4.79 Å². The Hall–Kier alpha value is -0.570. The van der Waals surface area contributed by atoms with Gasteiger partial charge in [0.1, 0.15) is 5.60 Å². The Morgan fingerprint density at radius 3 is 2.63 bits per heavy atom. The van der Waals surface area contributed by atoms with Gasteiger partial charge in [0, 0.05) is 19.0 Å². The van der Waals surface area contributed by atoms with Crippen LogP contribution in [0.4, 0.5) is 0 Å². The number of ether oxygens (including phenoxy) is 1. The smallest absolute Gasteiger partial charge is 0.306 e. The van der Waals surface area contributed by atoms with Crippen LogP contribution in [0.5, 0.6) is 0 Å². The molecule has 0 spiro atoms. The Bertz CT molecular complexity index is 281. The second kappa shape index (κ2) is 7.28. The third-order valence-corrected chi connectivity index (χ3v) is 3.69. The second-order valence-electron chi connectivity index (χ2n) is 7.08. The van der Waals surface area contributed by atoms with Gasteiger partial charge in [0.05, 0.1) is 0 Å². The summed E-state index contributed by atoms with van der Waals surface area (Å²) in [5.74, 6) is 0.711. The molecule has 1 unspecified atom stereocenters. The first-order valence-corrected chi connectivity index (χ1v) is 7.74. The molecule has 3 heteroatoms. The van der Waals surface area contributed by atoms with Crippen LogP contribution in [0.15, 0.2) is 0 Å². The first kappa shape index (κ1) is 16.5. The molecule has 0 N–H and O–H groups in total. The highest BCUT2D eigenvalue weighted by Gasteiger charge is 2.22. The summed E-state index contributed by atoms with van der Waals surface area (Å²) in [5.41, 5.74) is -0.351. The van der Waals surface area contributed by atoms with Gasteiger partial charge in [-0.1, -0.05) is 0 Å². The van der Waals surface area contributed by atoms with Crippen molar-refractivity contribution < 1.29 is 9.53 Å². The summed E-state index contributed by atoms with van der Waals surface area (Å²) < 4.78 is 5.34. The van der Waals surface area contributed by atoms with Gasteiger partial charge < -0.3 is 9.64 Å². The molecule has 0 radical (unpaired) electrons. The predicted molar refractivity (Wildman–Crippen MR) is 79.1 cm³/mol. The zero-order valence-electron chi connectivity index (χ0n) is 13.4. The highest BCUT2D eigenvalue weighted by atomic mass is 16.6. The van der Waals surface area contributed by atoms with Crippen molar-refractivity contribution in [2.45, 2.75) is 78.4 Å². The average molecular weight is 269 g/mol. The van der Waals surface area contributed by atoms with E-state index in [9.17, 15) is 4.79 Å². The van der Waals surface area contributed by atoms with Gasteiger partial charge in [0.15, 0.2) is 0 Å².